The average Bonchev–Trinajstić information content (AvgIpc) is 3.21. The van der Waals surface area contributed by atoms with Gasteiger partial charge in [-0.3, -0.25) is 14.4 Å². The third-order valence-corrected chi connectivity index (χ3v) is 4.83. The Balaban J connectivity index is 1.53. The Bertz CT molecular complexity index is 1090. The molecule has 3 heterocycles. The van der Waals surface area contributed by atoms with Crippen LogP contribution >= 0.6 is 0 Å². The highest BCUT2D eigenvalue weighted by molar-refractivity contribution is 6.06. The molecule has 4 rings (SSSR count). The summed E-state index contributed by atoms with van der Waals surface area (Å²) in [7, 11) is 0. The Morgan fingerprint density at radius 2 is 2.11 bits per heavy atom. The molecule has 0 aliphatic carbocycles. The molecule has 0 saturated carbocycles. The Hall–Kier alpha value is -3.42. The van der Waals surface area contributed by atoms with Crippen molar-refractivity contribution < 1.29 is 18.4 Å². The second kappa shape index (κ2) is 7.30. The van der Waals surface area contributed by atoms with Gasteiger partial charge in [-0.05, 0) is 43.2 Å². The number of nitrogens with one attached hydrogen (secondary N) is 2. The maximum Gasteiger partial charge on any atom is 0.289 e. The molecule has 0 radical (unpaired) electrons. The normalized spacial score (nSPS) is 16.9. The third kappa shape index (κ3) is 3.53. The molecule has 1 aliphatic rings. The smallest absolute Gasteiger partial charge is 0.289 e. The van der Waals surface area contributed by atoms with Gasteiger partial charge in [0.1, 0.15) is 5.82 Å². The molecule has 0 spiro atoms. The standard InChI is InChI=1S/C20H18FN3O4/c21-12-5-6-14-15(10-18(25)23-16(14)9-12)19(26)22-13-3-1-7-24(11-13)20(27)17-4-2-8-28-17/h2,4-6,8-10,13H,1,3,7,11H2,(H,22,26)(H,23,25). The highest BCUT2D eigenvalue weighted by Crippen LogP contribution is 2.18. The van der Waals surface area contributed by atoms with E-state index in [0.717, 1.165) is 6.42 Å². The number of aromatic nitrogens is 1. The zero-order valence-electron chi connectivity index (χ0n) is 14.9. The van der Waals surface area contributed by atoms with Crippen LogP contribution in [0.4, 0.5) is 4.39 Å². The van der Waals surface area contributed by atoms with Crippen LogP contribution in [0.25, 0.3) is 10.9 Å². The fourth-order valence-electron chi connectivity index (χ4n) is 3.52. The van der Waals surface area contributed by atoms with Crippen molar-refractivity contribution >= 4 is 22.7 Å². The van der Waals surface area contributed by atoms with Crippen molar-refractivity contribution in [2.24, 2.45) is 0 Å². The number of benzene rings is 1. The Morgan fingerprint density at radius 3 is 2.89 bits per heavy atom. The third-order valence-electron chi connectivity index (χ3n) is 4.83. The topological polar surface area (TPSA) is 95.4 Å². The molecule has 2 amide bonds. The molecule has 1 aliphatic heterocycles. The number of carbonyl (C=O) groups excluding carboxylic acids is 2. The van der Waals surface area contributed by atoms with Gasteiger partial charge in [0.25, 0.3) is 11.8 Å². The van der Waals surface area contributed by atoms with Crippen LogP contribution < -0.4 is 10.9 Å². The molecule has 2 aromatic heterocycles. The molecule has 1 unspecified atom stereocenters. The number of hydrogen-bond donors (Lipinski definition) is 2. The minimum atomic E-state index is -0.500. The molecule has 2 N–H and O–H groups in total. The van der Waals surface area contributed by atoms with Gasteiger partial charge in [-0.1, -0.05) is 0 Å². The number of piperidine rings is 1. The molecule has 1 fully saturated rings. The summed E-state index contributed by atoms with van der Waals surface area (Å²) >= 11 is 0. The van der Waals surface area contributed by atoms with Gasteiger partial charge in [-0.15, -0.1) is 0 Å². The highest BCUT2D eigenvalue weighted by Gasteiger charge is 2.27. The minimum Gasteiger partial charge on any atom is -0.459 e. The molecule has 28 heavy (non-hydrogen) atoms. The number of amides is 2. The lowest BCUT2D eigenvalue weighted by Gasteiger charge is -2.32. The van der Waals surface area contributed by atoms with Gasteiger partial charge in [0, 0.05) is 30.6 Å². The number of nitrogens with zero attached hydrogens (tertiary/aromatic N) is 1. The van der Waals surface area contributed by atoms with Crippen molar-refractivity contribution in [2.45, 2.75) is 18.9 Å². The molecule has 8 heteroatoms. The fourth-order valence-corrected chi connectivity index (χ4v) is 3.52. The molecule has 1 aromatic carbocycles. The van der Waals surface area contributed by atoms with Crippen LogP contribution in [0.2, 0.25) is 0 Å². The molecule has 1 saturated heterocycles. The van der Waals surface area contributed by atoms with Gasteiger partial charge in [-0.2, -0.15) is 0 Å². The first-order chi connectivity index (χ1) is 13.5. The molecule has 144 valence electrons. The molecule has 7 nitrogen and oxygen atoms in total. The van der Waals surface area contributed by atoms with E-state index in [9.17, 15) is 18.8 Å². The van der Waals surface area contributed by atoms with E-state index in [1.165, 1.54) is 30.5 Å². The monoisotopic (exact) mass is 383 g/mol. The van der Waals surface area contributed by atoms with Gasteiger partial charge in [0.15, 0.2) is 5.76 Å². The van der Waals surface area contributed by atoms with E-state index < -0.39 is 17.3 Å². The number of fused-ring (bicyclic) bond motifs is 1. The van der Waals surface area contributed by atoms with Crippen molar-refractivity contribution in [3.63, 3.8) is 0 Å². The summed E-state index contributed by atoms with van der Waals surface area (Å²) in [6, 6.07) is 8.08. The van der Waals surface area contributed by atoms with Crippen LogP contribution in [-0.4, -0.2) is 40.8 Å². The number of halogens is 1. The largest absolute Gasteiger partial charge is 0.459 e. The lowest BCUT2D eigenvalue weighted by molar-refractivity contribution is 0.0647. The number of aromatic amines is 1. The van der Waals surface area contributed by atoms with Crippen molar-refractivity contribution in [1.29, 1.82) is 0 Å². The van der Waals surface area contributed by atoms with Gasteiger partial charge in [-0.25, -0.2) is 4.39 Å². The number of furan rings is 1. The van der Waals surface area contributed by atoms with Crippen LogP contribution in [0.15, 0.2) is 51.9 Å². The van der Waals surface area contributed by atoms with Crippen LogP contribution in [0.1, 0.15) is 33.8 Å². The summed E-state index contributed by atoms with van der Waals surface area (Å²) in [6.45, 7) is 0.931. The summed E-state index contributed by atoms with van der Waals surface area (Å²) in [6.07, 6.45) is 2.89. The Morgan fingerprint density at radius 1 is 1.25 bits per heavy atom. The SMILES string of the molecule is O=C(NC1CCCN(C(=O)c2ccco2)C1)c1cc(=O)[nH]c2cc(F)ccc12. The van der Waals surface area contributed by atoms with Crippen LogP contribution in [0, 0.1) is 5.82 Å². The fraction of sp³-hybridized carbons (Fsp3) is 0.250. The number of pyridine rings is 1. The van der Waals surface area contributed by atoms with E-state index in [1.54, 1.807) is 17.0 Å². The van der Waals surface area contributed by atoms with Crippen molar-refractivity contribution in [2.75, 3.05) is 13.1 Å². The Kier molecular flexibility index (Phi) is 4.68. The minimum absolute atomic E-state index is 0.174. The number of rotatable bonds is 3. The van der Waals surface area contributed by atoms with E-state index in [2.05, 4.69) is 10.3 Å². The molecular formula is C20H18FN3O4. The molecular weight excluding hydrogens is 365 g/mol. The van der Waals surface area contributed by atoms with Gasteiger partial charge in [0.05, 0.1) is 17.3 Å². The van der Waals surface area contributed by atoms with E-state index >= 15 is 0 Å². The lowest BCUT2D eigenvalue weighted by atomic mass is 10.0. The molecule has 0 bridgehead atoms. The first-order valence-electron chi connectivity index (χ1n) is 8.97. The number of likely N-dealkylation sites (tertiary alicyclic amines) is 1. The van der Waals surface area contributed by atoms with Crippen molar-refractivity contribution in [3.05, 3.63) is 70.2 Å². The van der Waals surface area contributed by atoms with E-state index in [1.807, 2.05) is 0 Å². The maximum absolute atomic E-state index is 13.4. The number of carbonyl (C=O) groups is 2. The van der Waals surface area contributed by atoms with Crippen LogP contribution in [0.5, 0.6) is 0 Å². The number of H-pyrrole nitrogens is 1. The Labute approximate surface area is 159 Å². The van der Waals surface area contributed by atoms with Crippen LogP contribution in [-0.2, 0) is 0 Å². The van der Waals surface area contributed by atoms with Crippen LogP contribution in [0.3, 0.4) is 0 Å². The zero-order valence-corrected chi connectivity index (χ0v) is 14.9. The summed E-state index contributed by atoms with van der Waals surface area (Å²) in [5.41, 5.74) is -0.0503. The maximum atomic E-state index is 13.4. The molecule has 1 atom stereocenters. The predicted molar refractivity (Wildman–Crippen MR) is 99.6 cm³/mol. The average molecular weight is 383 g/mol. The van der Waals surface area contributed by atoms with E-state index in [0.29, 0.717) is 24.9 Å². The summed E-state index contributed by atoms with van der Waals surface area (Å²) < 4.78 is 18.6. The first-order valence-corrected chi connectivity index (χ1v) is 8.97. The van der Waals surface area contributed by atoms with E-state index in [-0.39, 0.29) is 28.8 Å². The second-order valence-corrected chi connectivity index (χ2v) is 6.78. The lowest BCUT2D eigenvalue weighted by Crippen LogP contribution is -2.49. The van der Waals surface area contributed by atoms with Crippen molar-refractivity contribution in [1.82, 2.24) is 15.2 Å². The summed E-state index contributed by atoms with van der Waals surface area (Å²) in [4.78, 5) is 41.3. The highest BCUT2D eigenvalue weighted by atomic mass is 19.1. The van der Waals surface area contributed by atoms with E-state index in [4.69, 9.17) is 4.42 Å². The van der Waals surface area contributed by atoms with Gasteiger partial charge in [0.2, 0.25) is 5.56 Å². The quantitative estimate of drug-likeness (QED) is 0.725. The molecule has 3 aromatic rings. The van der Waals surface area contributed by atoms with Gasteiger partial charge < -0.3 is 19.6 Å². The second-order valence-electron chi connectivity index (χ2n) is 6.78. The van der Waals surface area contributed by atoms with Crippen molar-refractivity contribution in [3.8, 4) is 0 Å². The first kappa shape index (κ1) is 18.0. The predicted octanol–water partition coefficient (Wildman–Crippen LogP) is 2.29. The number of hydrogen-bond acceptors (Lipinski definition) is 4. The zero-order chi connectivity index (χ0) is 19.7. The van der Waals surface area contributed by atoms with Gasteiger partial charge >= 0.3 is 0 Å². The summed E-state index contributed by atoms with van der Waals surface area (Å²) in [5.74, 6) is -0.893. The summed E-state index contributed by atoms with van der Waals surface area (Å²) in [5, 5.41) is 3.35.